The fourth-order valence-corrected chi connectivity index (χ4v) is 3.61. The van der Waals surface area contributed by atoms with E-state index in [0.717, 1.165) is 12.5 Å². The summed E-state index contributed by atoms with van der Waals surface area (Å²) in [7, 11) is 0. The van der Waals surface area contributed by atoms with Crippen LogP contribution in [0.25, 0.3) is 0 Å². The van der Waals surface area contributed by atoms with E-state index in [4.69, 9.17) is 4.74 Å². The molecule has 0 aromatic rings. The van der Waals surface area contributed by atoms with E-state index in [9.17, 15) is 0 Å². The van der Waals surface area contributed by atoms with Gasteiger partial charge in [0, 0.05) is 6.04 Å². The molecule has 2 fully saturated rings. The quantitative estimate of drug-likeness (QED) is 0.796. The molecule has 4 heteroatoms. The molecular weight excluding hydrogens is 218 g/mol. The van der Waals surface area contributed by atoms with E-state index in [1.807, 2.05) is 0 Å². The minimum Gasteiger partial charge on any atom is -0.359 e. The molecule has 0 aliphatic carbocycles. The van der Waals surface area contributed by atoms with Crippen LogP contribution in [0.1, 0.15) is 26.7 Å². The summed E-state index contributed by atoms with van der Waals surface area (Å²) in [6.45, 7) is 5.25. The van der Waals surface area contributed by atoms with Crippen LogP contribution in [0.15, 0.2) is 0 Å². The van der Waals surface area contributed by atoms with E-state index < -0.39 is 0 Å². The summed E-state index contributed by atoms with van der Waals surface area (Å²) in [5.41, 5.74) is -0.0328. The lowest BCUT2D eigenvalue weighted by atomic mass is 9.98. The smallest absolute Gasteiger partial charge is 0.117 e. The number of ether oxygens (including phenoxy) is 1. The van der Waals surface area contributed by atoms with Crippen LogP contribution >= 0.6 is 24.2 Å². The van der Waals surface area contributed by atoms with Crippen molar-refractivity contribution in [2.75, 3.05) is 18.1 Å². The molecule has 0 spiro atoms. The lowest BCUT2D eigenvalue weighted by molar-refractivity contribution is -0.0110. The Morgan fingerprint density at radius 3 is 2.86 bits per heavy atom. The van der Waals surface area contributed by atoms with E-state index >= 15 is 0 Å². The Balaban J connectivity index is 0.000000980. The highest BCUT2D eigenvalue weighted by atomic mass is 35.5. The molecule has 0 saturated carbocycles. The predicted molar refractivity (Wildman–Crippen MR) is 64.3 cm³/mol. The second-order valence-corrected chi connectivity index (χ2v) is 5.67. The Morgan fingerprint density at radius 1 is 1.57 bits per heavy atom. The van der Waals surface area contributed by atoms with Crippen molar-refractivity contribution in [3.63, 3.8) is 0 Å². The number of rotatable bonds is 2. The molecule has 2 saturated heterocycles. The van der Waals surface area contributed by atoms with Crippen LogP contribution in [0.2, 0.25) is 0 Å². The first-order valence-corrected chi connectivity index (χ1v) is 6.33. The summed E-state index contributed by atoms with van der Waals surface area (Å²) in [5.74, 6) is 3.54. The van der Waals surface area contributed by atoms with Crippen LogP contribution in [0, 0.1) is 5.92 Å². The molecule has 14 heavy (non-hydrogen) atoms. The van der Waals surface area contributed by atoms with Crippen LogP contribution in [-0.2, 0) is 4.74 Å². The normalized spacial score (nSPS) is 42.4. The van der Waals surface area contributed by atoms with Gasteiger partial charge in [-0.25, -0.2) is 0 Å². The van der Waals surface area contributed by atoms with E-state index in [0.29, 0.717) is 6.04 Å². The van der Waals surface area contributed by atoms with Gasteiger partial charge in [0.05, 0.1) is 6.61 Å². The summed E-state index contributed by atoms with van der Waals surface area (Å²) in [4.78, 5) is 0. The van der Waals surface area contributed by atoms with E-state index in [-0.39, 0.29) is 18.1 Å². The molecule has 2 aliphatic heterocycles. The van der Waals surface area contributed by atoms with E-state index in [1.54, 1.807) is 0 Å². The second kappa shape index (κ2) is 5.06. The first-order chi connectivity index (χ1) is 6.18. The van der Waals surface area contributed by atoms with Gasteiger partial charge < -0.3 is 4.74 Å². The Hall–Kier alpha value is 0.560. The minimum atomic E-state index is -0.0328. The number of nitrogens with one attached hydrogen (secondary N) is 1. The maximum atomic E-state index is 5.79. The van der Waals surface area contributed by atoms with Crippen molar-refractivity contribution < 1.29 is 4.74 Å². The molecule has 3 unspecified atom stereocenters. The summed E-state index contributed by atoms with van der Waals surface area (Å²) in [6, 6.07) is 0.527. The molecule has 0 bridgehead atoms. The van der Waals surface area contributed by atoms with Crippen molar-refractivity contribution in [1.29, 1.82) is 0 Å². The van der Waals surface area contributed by atoms with Gasteiger partial charge in [0.25, 0.3) is 0 Å². The van der Waals surface area contributed by atoms with Crippen molar-refractivity contribution in [3.8, 4) is 0 Å². The van der Waals surface area contributed by atoms with E-state index in [2.05, 4.69) is 30.9 Å². The standard InChI is InChI=1S/C10H19NOS.ClH/c1-8-6-12-10(2,11-8)5-9-3-4-13-7-9;/h8-9,11H,3-7H2,1-2H3;1H. The number of halogens is 1. The predicted octanol–water partition coefficient (Wildman–Crippen LogP) is 2.28. The highest BCUT2D eigenvalue weighted by Crippen LogP contribution is 2.32. The average molecular weight is 238 g/mol. The van der Waals surface area contributed by atoms with Crippen molar-refractivity contribution >= 4 is 24.2 Å². The average Bonchev–Trinajstić information content (AvgIpc) is 2.62. The van der Waals surface area contributed by atoms with Gasteiger partial charge in [0.15, 0.2) is 0 Å². The maximum absolute atomic E-state index is 5.79. The molecule has 84 valence electrons. The summed E-state index contributed by atoms with van der Waals surface area (Å²) in [5, 5.41) is 3.53. The third-order valence-electron chi connectivity index (χ3n) is 2.91. The Bertz CT molecular complexity index is 187. The lowest BCUT2D eigenvalue weighted by Crippen LogP contribution is -2.42. The monoisotopic (exact) mass is 237 g/mol. The van der Waals surface area contributed by atoms with Gasteiger partial charge in [-0.15, -0.1) is 12.4 Å². The highest BCUT2D eigenvalue weighted by molar-refractivity contribution is 7.99. The summed E-state index contributed by atoms with van der Waals surface area (Å²) >= 11 is 2.08. The zero-order valence-electron chi connectivity index (χ0n) is 8.91. The Labute approximate surface area is 97.0 Å². The van der Waals surface area contributed by atoms with E-state index in [1.165, 1.54) is 24.3 Å². The van der Waals surface area contributed by atoms with Gasteiger partial charge in [-0.3, -0.25) is 5.32 Å². The molecule has 0 amide bonds. The van der Waals surface area contributed by atoms with Gasteiger partial charge >= 0.3 is 0 Å². The molecule has 0 radical (unpaired) electrons. The Morgan fingerprint density at radius 2 is 2.36 bits per heavy atom. The van der Waals surface area contributed by atoms with Crippen LogP contribution in [0.5, 0.6) is 0 Å². The van der Waals surface area contributed by atoms with Crippen molar-refractivity contribution in [1.82, 2.24) is 5.32 Å². The molecule has 2 rings (SSSR count). The molecule has 3 atom stereocenters. The van der Waals surface area contributed by atoms with Crippen LogP contribution in [0.3, 0.4) is 0 Å². The van der Waals surface area contributed by atoms with Crippen LogP contribution < -0.4 is 5.32 Å². The SMILES string of the molecule is CC1COC(C)(CC2CCSC2)N1.Cl. The topological polar surface area (TPSA) is 21.3 Å². The molecule has 2 nitrogen and oxygen atoms in total. The van der Waals surface area contributed by atoms with Gasteiger partial charge in [-0.1, -0.05) is 0 Å². The first kappa shape index (κ1) is 12.6. The molecule has 2 heterocycles. The third kappa shape index (κ3) is 3.02. The van der Waals surface area contributed by atoms with Gasteiger partial charge in [0.1, 0.15) is 5.72 Å². The number of thioether (sulfide) groups is 1. The van der Waals surface area contributed by atoms with Gasteiger partial charge in [-0.2, -0.15) is 11.8 Å². The first-order valence-electron chi connectivity index (χ1n) is 5.17. The largest absolute Gasteiger partial charge is 0.359 e. The molecular formula is C10H20ClNOS. The highest BCUT2D eigenvalue weighted by Gasteiger charge is 2.36. The fourth-order valence-electron chi connectivity index (χ4n) is 2.33. The summed E-state index contributed by atoms with van der Waals surface area (Å²) in [6.07, 6.45) is 2.56. The van der Waals surface area contributed by atoms with Crippen molar-refractivity contribution in [2.24, 2.45) is 5.92 Å². The molecule has 0 aromatic heterocycles. The molecule has 2 aliphatic rings. The van der Waals surface area contributed by atoms with Gasteiger partial charge in [-0.05, 0) is 44.1 Å². The lowest BCUT2D eigenvalue weighted by Gasteiger charge is -2.27. The van der Waals surface area contributed by atoms with Crippen molar-refractivity contribution in [3.05, 3.63) is 0 Å². The molecule has 0 aromatic carbocycles. The third-order valence-corrected chi connectivity index (χ3v) is 4.14. The van der Waals surface area contributed by atoms with Gasteiger partial charge in [0.2, 0.25) is 0 Å². The summed E-state index contributed by atoms with van der Waals surface area (Å²) < 4.78 is 5.79. The van der Waals surface area contributed by atoms with Crippen molar-refractivity contribution in [2.45, 2.75) is 38.5 Å². The van der Waals surface area contributed by atoms with Crippen LogP contribution in [0.4, 0.5) is 0 Å². The number of hydrogen-bond donors (Lipinski definition) is 1. The Kier molecular flexibility index (Phi) is 4.56. The fraction of sp³-hybridized carbons (Fsp3) is 1.00. The number of hydrogen-bond acceptors (Lipinski definition) is 3. The zero-order valence-corrected chi connectivity index (χ0v) is 10.5. The minimum absolute atomic E-state index is 0. The second-order valence-electron chi connectivity index (χ2n) is 4.52. The molecule has 1 N–H and O–H groups in total. The van der Waals surface area contributed by atoms with Crippen LogP contribution in [-0.4, -0.2) is 29.9 Å². The zero-order chi connectivity index (χ0) is 9.31. The maximum Gasteiger partial charge on any atom is 0.117 e.